The highest BCUT2D eigenvalue weighted by Gasteiger charge is 2.44. The molecular weight excluding hydrogens is 434 g/mol. The smallest absolute Gasteiger partial charge is 0.318 e. The largest absolute Gasteiger partial charge is 0.438 e. The first kappa shape index (κ1) is 21.3. The summed E-state index contributed by atoms with van der Waals surface area (Å²) in [6, 6.07) is 18.0. The number of nitrogens with two attached hydrogens (primary N) is 1. The number of hydrogen-bond acceptors (Lipinski definition) is 7. The van der Waals surface area contributed by atoms with Gasteiger partial charge < -0.3 is 10.5 Å². The van der Waals surface area contributed by atoms with Gasteiger partial charge in [0.05, 0.1) is 16.8 Å². The molecule has 1 atom stereocenters. The lowest BCUT2D eigenvalue weighted by Crippen LogP contribution is -2.46. The fourth-order valence-corrected chi connectivity index (χ4v) is 4.24. The van der Waals surface area contributed by atoms with E-state index < -0.39 is 23.3 Å². The van der Waals surface area contributed by atoms with E-state index in [-0.39, 0.29) is 0 Å². The van der Waals surface area contributed by atoms with E-state index in [0.29, 0.717) is 17.3 Å². The van der Waals surface area contributed by atoms with Gasteiger partial charge in [-0.3, -0.25) is 10.1 Å². The van der Waals surface area contributed by atoms with Gasteiger partial charge in [-0.1, -0.05) is 50.2 Å². The maximum Gasteiger partial charge on any atom is 0.318 e. The van der Waals surface area contributed by atoms with Crippen molar-refractivity contribution in [3.8, 4) is 28.6 Å². The topological polar surface area (TPSA) is 138 Å². The van der Waals surface area contributed by atoms with Gasteiger partial charge in [0.2, 0.25) is 11.8 Å². The summed E-state index contributed by atoms with van der Waals surface area (Å²) in [5.41, 5.74) is 8.19. The lowest BCUT2D eigenvalue weighted by Gasteiger charge is -2.37. The zero-order chi connectivity index (χ0) is 23.9. The Morgan fingerprint density at radius 2 is 1.79 bits per heavy atom. The van der Waals surface area contributed by atoms with Gasteiger partial charge >= 0.3 is 6.03 Å². The molecule has 3 amide bonds. The van der Waals surface area contributed by atoms with Crippen LogP contribution in [-0.4, -0.2) is 37.1 Å². The maximum atomic E-state index is 12.9. The summed E-state index contributed by atoms with van der Waals surface area (Å²) in [5, 5.41) is 13.4. The summed E-state index contributed by atoms with van der Waals surface area (Å²) in [4.78, 5) is 29.1. The molecule has 3 heterocycles. The number of rotatable bonds is 4. The molecule has 34 heavy (non-hydrogen) atoms. The average molecular weight is 455 g/mol. The molecule has 0 saturated carbocycles. The minimum Gasteiger partial charge on any atom is -0.438 e. The van der Waals surface area contributed by atoms with Crippen molar-refractivity contribution in [2.45, 2.75) is 19.8 Å². The fourth-order valence-electron chi connectivity index (χ4n) is 4.24. The zero-order valence-electron chi connectivity index (χ0n) is 18.5. The first-order chi connectivity index (χ1) is 16.3. The number of benzene rings is 2. The van der Waals surface area contributed by atoms with E-state index in [1.165, 1.54) is 6.33 Å². The number of ether oxygens (including phenoxy) is 1. The molecule has 1 aliphatic rings. The third kappa shape index (κ3) is 3.64. The summed E-state index contributed by atoms with van der Waals surface area (Å²) >= 11 is 0. The third-order valence-electron chi connectivity index (χ3n) is 5.96. The Morgan fingerprint density at radius 1 is 1.03 bits per heavy atom. The predicted octanol–water partition coefficient (Wildman–Crippen LogP) is 3.18. The molecule has 2 aromatic heterocycles. The molecule has 1 aliphatic heterocycles. The Morgan fingerprint density at radius 3 is 2.50 bits per heavy atom. The van der Waals surface area contributed by atoms with Crippen LogP contribution in [0.4, 0.5) is 4.79 Å². The van der Waals surface area contributed by atoms with E-state index >= 15 is 0 Å². The summed E-state index contributed by atoms with van der Waals surface area (Å²) in [6.45, 7) is 3.54. The van der Waals surface area contributed by atoms with E-state index in [1.54, 1.807) is 18.5 Å². The van der Waals surface area contributed by atoms with Gasteiger partial charge in [0.25, 0.3) is 0 Å². The van der Waals surface area contributed by atoms with Gasteiger partial charge in [-0.25, -0.2) is 14.5 Å². The molecule has 0 fully saturated rings. The van der Waals surface area contributed by atoms with Gasteiger partial charge in [-0.15, -0.1) is 5.10 Å². The van der Waals surface area contributed by atoms with Gasteiger partial charge in [-0.2, -0.15) is 0 Å². The fraction of sp³-hybridized carbons (Fsp3) is 0.167. The third-order valence-corrected chi connectivity index (χ3v) is 5.96. The number of carbonyl (C=O) groups excluding carboxylic acids is 2. The van der Waals surface area contributed by atoms with Crippen LogP contribution in [-0.2, 0) is 4.79 Å². The van der Waals surface area contributed by atoms with Crippen LogP contribution >= 0.6 is 0 Å². The number of nitrogens with one attached hydrogen (secondary N) is 1. The number of tetrazole rings is 1. The van der Waals surface area contributed by atoms with Crippen molar-refractivity contribution < 1.29 is 14.3 Å². The quantitative estimate of drug-likeness (QED) is 0.482. The second kappa shape index (κ2) is 8.07. The van der Waals surface area contributed by atoms with Gasteiger partial charge in [0.1, 0.15) is 12.1 Å². The number of aromatic nitrogens is 5. The van der Waals surface area contributed by atoms with Crippen molar-refractivity contribution in [2.24, 2.45) is 11.1 Å². The number of carbonyl (C=O) groups is 2. The predicted molar refractivity (Wildman–Crippen MR) is 122 cm³/mol. The number of nitrogens with zero attached hydrogens (tertiary/aromatic N) is 5. The summed E-state index contributed by atoms with van der Waals surface area (Å²) in [7, 11) is 0. The van der Waals surface area contributed by atoms with Crippen LogP contribution in [0.2, 0.25) is 0 Å². The number of urea groups is 1. The summed E-state index contributed by atoms with van der Waals surface area (Å²) < 4.78 is 7.71. The van der Waals surface area contributed by atoms with Crippen molar-refractivity contribution >= 4 is 11.9 Å². The first-order valence-corrected chi connectivity index (χ1v) is 10.6. The van der Waals surface area contributed by atoms with Crippen LogP contribution in [0.15, 0.2) is 67.0 Å². The molecule has 10 nitrogen and oxygen atoms in total. The van der Waals surface area contributed by atoms with Crippen molar-refractivity contribution in [3.05, 3.63) is 78.1 Å². The van der Waals surface area contributed by atoms with Crippen molar-refractivity contribution in [2.75, 3.05) is 0 Å². The molecule has 0 aliphatic carbocycles. The molecule has 1 unspecified atom stereocenters. The maximum absolute atomic E-state index is 12.9. The minimum absolute atomic E-state index is 0.407. The Bertz CT molecular complexity index is 1380. The Kier molecular flexibility index (Phi) is 5.05. The highest BCUT2D eigenvalue weighted by molar-refractivity contribution is 5.97. The first-order valence-electron chi connectivity index (χ1n) is 10.6. The Balaban J connectivity index is 1.55. The van der Waals surface area contributed by atoms with E-state index in [4.69, 9.17) is 15.5 Å². The zero-order valence-corrected chi connectivity index (χ0v) is 18.5. The summed E-state index contributed by atoms with van der Waals surface area (Å²) in [6.07, 6.45) is 1.52. The number of para-hydroxylation sites is 1. The van der Waals surface area contributed by atoms with Gasteiger partial charge in [0, 0.05) is 22.6 Å². The van der Waals surface area contributed by atoms with Crippen LogP contribution in [0.3, 0.4) is 0 Å². The number of hydrogen-bond donors (Lipinski definition) is 2. The SMILES string of the molecule is CC(C)(C(=O)NC(N)=O)C1c2ccccc2Oc2nc(-c3ccc(-n4cnnn4)cc3)ccc21. The van der Waals surface area contributed by atoms with Crippen LogP contribution in [0.1, 0.15) is 30.9 Å². The number of amides is 3. The molecule has 10 heteroatoms. The standard InChI is InChI=1S/C24H21N7O3/c1-24(2,22(32)28-23(25)33)20-16-5-3-4-6-19(16)34-21-17(20)11-12-18(27-21)14-7-9-15(10-8-14)31-13-26-29-30-31/h3-13,20H,1-2H3,(H3,25,28,32,33). The molecule has 2 aromatic carbocycles. The highest BCUT2D eigenvalue weighted by atomic mass is 16.5. The van der Waals surface area contributed by atoms with Crippen molar-refractivity contribution in [3.63, 3.8) is 0 Å². The highest BCUT2D eigenvalue weighted by Crippen LogP contribution is 2.51. The number of imide groups is 1. The van der Waals surface area contributed by atoms with Crippen LogP contribution < -0.4 is 15.8 Å². The van der Waals surface area contributed by atoms with Crippen molar-refractivity contribution in [1.29, 1.82) is 0 Å². The molecule has 5 rings (SSSR count). The second-order valence-corrected chi connectivity index (χ2v) is 8.51. The van der Waals surface area contributed by atoms with Gasteiger partial charge in [-0.05, 0) is 34.7 Å². The lowest BCUT2D eigenvalue weighted by molar-refractivity contribution is -0.128. The van der Waals surface area contributed by atoms with E-state index in [9.17, 15) is 9.59 Å². The van der Waals surface area contributed by atoms with Crippen LogP contribution in [0.25, 0.3) is 16.9 Å². The number of fused-ring (bicyclic) bond motifs is 2. The van der Waals surface area contributed by atoms with E-state index in [0.717, 1.165) is 22.4 Å². The molecule has 0 spiro atoms. The second-order valence-electron chi connectivity index (χ2n) is 8.51. The molecule has 0 bridgehead atoms. The molecular formula is C24H21N7O3. The molecule has 3 N–H and O–H groups in total. The van der Waals surface area contributed by atoms with Gasteiger partial charge in [0.15, 0.2) is 0 Å². The van der Waals surface area contributed by atoms with Crippen LogP contribution in [0.5, 0.6) is 11.6 Å². The Labute approximate surface area is 194 Å². The Hall–Kier alpha value is -4.60. The molecule has 4 aromatic rings. The number of primary amides is 1. The van der Waals surface area contributed by atoms with Crippen molar-refractivity contribution in [1.82, 2.24) is 30.5 Å². The van der Waals surface area contributed by atoms with Crippen LogP contribution in [0, 0.1) is 5.41 Å². The molecule has 0 saturated heterocycles. The van der Waals surface area contributed by atoms with E-state index in [1.807, 2.05) is 60.7 Å². The monoisotopic (exact) mass is 455 g/mol. The minimum atomic E-state index is -1.01. The molecule has 170 valence electrons. The average Bonchev–Trinajstić information content (AvgIpc) is 3.37. The lowest BCUT2D eigenvalue weighted by atomic mass is 9.69. The normalized spacial score (nSPS) is 14.5. The summed E-state index contributed by atoms with van der Waals surface area (Å²) in [5.74, 6) is 0.134. The number of pyridine rings is 1. The van der Waals surface area contributed by atoms with E-state index in [2.05, 4.69) is 20.8 Å². The molecule has 0 radical (unpaired) electrons.